The summed E-state index contributed by atoms with van der Waals surface area (Å²) in [4.78, 5) is 11.6. The maximum absolute atomic E-state index is 12.9. The number of hydrogen-bond acceptors (Lipinski definition) is 2. The normalized spacial score (nSPS) is 11.9. The second-order valence-corrected chi connectivity index (χ2v) is 4.64. The van der Waals surface area contributed by atoms with Gasteiger partial charge in [-0.2, -0.15) is 0 Å². The Kier molecular flexibility index (Phi) is 7.21. The second kappa shape index (κ2) is 7.56. The summed E-state index contributed by atoms with van der Waals surface area (Å²) in [6, 6.07) is 3.79. The highest BCUT2D eigenvalue weighted by Crippen LogP contribution is 2.15. The molecule has 0 aliphatic carbocycles. The standard InChI is InChI=1S/C12H16ClFN2O.ClH/c1-7(2)11(15)12(17)16-6-8-3-4-10(14)9(13)5-8;/h3-5,7,11H,6,15H2,1-2H3,(H,16,17);1H/t11-;/m1./s1. The molecule has 1 aromatic carbocycles. The molecule has 6 heteroatoms. The van der Waals surface area contributed by atoms with Gasteiger partial charge in [0.15, 0.2) is 0 Å². The Balaban J connectivity index is 0.00000289. The Bertz CT molecular complexity index is 413. The van der Waals surface area contributed by atoms with Gasteiger partial charge in [-0.25, -0.2) is 4.39 Å². The largest absolute Gasteiger partial charge is 0.351 e. The molecule has 1 rings (SSSR count). The number of nitrogens with two attached hydrogens (primary N) is 1. The van der Waals surface area contributed by atoms with E-state index in [0.29, 0.717) is 6.54 Å². The fraction of sp³-hybridized carbons (Fsp3) is 0.417. The lowest BCUT2D eigenvalue weighted by Gasteiger charge is -2.15. The SMILES string of the molecule is CC(C)[C@@H](N)C(=O)NCc1ccc(F)c(Cl)c1.Cl. The Morgan fingerprint density at radius 2 is 2.11 bits per heavy atom. The van der Waals surface area contributed by atoms with E-state index in [4.69, 9.17) is 17.3 Å². The minimum absolute atomic E-state index is 0. The maximum atomic E-state index is 12.9. The number of amides is 1. The number of nitrogens with one attached hydrogen (secondary N) is 1. The third-order valence-electron chi connectivity index (χ3n) is 2.47. The molecule has 1 amide bonds. The van der Waals surface area contributed by atoms with Crippen LogP contribution in [-0.4, -0.2) is 11.9 Å². The van der Waals surface area contributed by atoms with E-state index >= 15 is 0 Å². The topological polar surface area (TPSA) is 55.1 Å². The molecule has 0 aromatic heterocycles. The summed E-state index contributed by atoms with van der Waals surface area (Å²) in [5.41, 5.74) is 6.42. The molecule has 3 nitrogen and oxygen atoms in total. The predicted molar refractivity (Wildman–Crippen MR) is 73.3 cm³/mol. The number of halogens is 3. The van der Waals surface area contributed by atoms with Crippen molar-refractivity contribution in [2.45, 2.75) is 26.4 Å². The van der Waals surface area contributed by atoms with Crippen molar-refractivity contribution in [3.8, 4) is 0 Å². The average Bonchev–Trinajstić information content (AvgIpc) is 2.29. The molecule has 0 spiro atoms. The zero-order valence-corrected chi connectivity index (χ0v) is 11.8. The van der Waals surface area contributed by atoms with Crippen molar-refractivity contribution in [2.24, 2.45) is 11.7 Å². The van der Waals surface area contributed by atoms with E-state index in [1.54, 1.807) is 6.07 Å². The van der Waals surface area contributed by atoms with Crippen molar-refractivity contribution in [1.82, 2.24) is 5.32 Å². The molecule has 0 aliphatic heterocycles. The molecule has 0 saturated heterocycles. The van der Waals surface area contributed by atoms with Crippen molar-refractivity contribution in [3.63, 3.8) is 0 Å². The van der Waals surface area contributed by atoms with Crippen LogP contribution in [0.15, 0.2) is 18.2 Å². The van der Waals surface area contributed by atoms with Crippen LogP contribution >= 0.6 is 24.0 Å². The summed E-state index contributed by atoms with van der Waals surface area (Å²) < 4.78 is 12.9. The zero-order valence-electron chi connectivity index (χ0n) is 10.2. The lowest BCUT2D eigenvalue weighted by molar-refractivity contribution is -0.123. The third-order valence-corrected chi connectivity index (χ3v) is 2.76. The molecule has 0 saturated carbocycles. The molecule has 1 atom stereocenters. The predicted octanol–water partition coefficient (Wildman–Crippen LogP) is 2.50. The molecule has 0 bridgehead atoms. The highest BCUT2D eigenvalue weighted by molar-refractivity contribution is 6.30. The fourth-order valence-electron chi connectivity index (χ4n) is 1.26. The number of rotatable bonds is 4. The van der Waals surface area contributed by atoms with Gasteiger partial charge in [-0.15, -0.1) is 12.4 Å². The Labute approximate surface area is 117 Å². The first-order valence-electron chi connectivity index (χ1n) is 5.39. The number of carbonyl (C=O) groups is 1. The highest BCUT2D eigenvalue weighted by Gasteiger charge is 2.16. The van der Waals surface area contributed by atoms with Crippen LogP contribution < -0.4 is 11.1 Å². The van der Waals surface area contributed by atoms with Crippen LogP contribution in [-0.2, 0) is 11.3 Å². The van der Waals surface area contributed by atoms with E-state index in [0.717, 1.165) is 5.56 Å². The van der Waals surface area contributed by atoms with Crippen molar-refractivity contribution >= 4 is 29.9 Å². The minimum Gasteiger partial charge on any atom is -0.351 e. The molecular formula is C12H17Cl2FN2O. The van der Waals surface area contributed by atoms with Gasteiger partial charge in [0.05, 0.1) is 11.1 Å². The van der Waals surface area contributed by atoms with Gasteiger partial charge in [0.25, 0.3) is 0 Å². The minimum atomic E-state index is -0.536. The van der Waals surface area contributed by atoms with Crippen LogP contribution in [0, 0.1) is 11.7 Å². The summed E-state index contributed by atoms with van der Waals surface area (Å²) in [7, 11) is 0. The van der Waals surface area contributed by atoms with Crippen molar-refractivity contribution in [3.05, 3.63) is 34.6 Å². The fourth-order valence-corrected chi connectivity index (χ4v) is 1.46. The summed E-state index contributed by atoms with van der Waals surface area (Å²) in [6.45, 7) is 4.04. The lowest BCUT2D eigenvalue weighted by atomic mass is 10.0. The monoisotopic (exact) mass is 294 g/mol. The van der Waals surface area contributed by atoms with Gasteiger partial charge < -0.3 is 11.1 Å². The van der Waals surface area contributed by atoms with Crippen LogP contribution in [0.3, 0.4) is 0 Å². The van der Waals surface area contributed by atoms with E-state index in [1.165, 1.54) is 12.1 Å². The van der Waals surface area contributed by atoms with Gasteiger partial charge in [-0.3, -0.25) is 4.79 Å². The molecule has 0 radical (unpaired) electrons. The van der Waals surface area contributed by atoms with Gasteiger partial charge in [0, 0.05) is 6.54 Å². The number of benzene rings is 1. The van der Waals surface area contributed by atoms with Gasteiger partial charge in [-0.1, -0.05) is 31.5 Å². The summed E-state index contributed by atoms with van der Waals surface area (Å²) >= 11 is 5.63. The average molecular weight is 295 g/mol. The molecule has 0 unspecified atom stereocenters. The van der Waals surface area contributed by atoms with E-state index in [2.05, 4.69) is 5.32 Å². The van der Waals surface area contributed by atoms with E-state index < -0.39 is 11.9 Å². The van der Waals surface area contributed by atoms with E-state index in [-0.39, 0.29) is 29.3 Å². The first-order chi connectivity index (χ1) is 7.91. The maximum Gasteiger partial charge on any atom is 0.237 e. The smallest absolute Gasteiger partial charge is 0.237 e. The third kappa shape index (κ3) is 4.80. The number of hydrogen-bond donors (Lipinski definition) is 2. The Hall–Kier alpha value is -0.840. The molecule has 102 valence electrons. The molecule has 3 N–H and O–H groups in total. The van der Waals surface area contributed by atoms with Crippen molar-refractivity contribution < 1.29 is 9.18 Å². The molecule has 0 fully saturated rings. The van der Waals surface area contributed by atoms with Gasteiger partial charge in [0.1, 0.15) is 5.82 Å². The number of carbonyl (C=O) groups excluding carboxylic acids is 1. The van der Waals surface area contributed by atoms with E-state index in [9.17, 15) is 9.18 Å². The second-order valence-electron chi connectivity index (χ2n) is 4.24. The molecular weight excluding hydrogens is 278 g/mol. The van der Waals surface area contributed by atoms with Crippen molar-refractivity contribution in [2.75, 3.05) is 0 Å². The van der Waals surface area contributed by atoms with Gasteiger partial charge >= 0.3 is 0 Å². The molecule has 0 heterocycles. The van der Waals surface area contributed by atoms with Crippen LogP contribution in [0.25, 0.3) is 0 Å². The molecule has 1 aromatic rings. The first-order valence-corrected chi connectivity index (χ1v) is 5.77. The van der Waals surface area contributed by atoms with Crippen LogP contribution in [0.1, 0.15) is 19.4 Å². The van der Waals surface area contributed by atoms with Crippen LogP contribution in [0.4, 0.5) is 4.39 Å². The van der Waals surface area contributed by atoms with Crippen LogP contribution in [0.2, 0.25) is 5.02 Å². The summed E-state index contributed by atoms with van der Waals surface area (Å²) in [5.74, 6) is -0.618. The van der Waals surface area contributed by atoms with Gasteiger partial charge in [-0.05, 0) is 23.6 Å². The quantitative estimate of drug-likeness (QED) is 0.896. The molecule has 18 heavy (non-hydrogen) atoms. The van der Waals surface area contributed by atoms with Gasteiger partial charge in [0.2, 0.25) is 5.91 Å². The first kappa shape index (κ1) is 17.2. The van der Waals surface area contributed by atoms with E-state index in [1.807, 2.05) is 13.8 Å². The molecule has 0 aliphatic rings. The highest BCUT2D eigenvalue weighted by atomic mass is 35.5. The summed E-state index contributed by atoms with van der Waals surface area (Å²) in [6.07, 6.45) is 0. The van der Waals surface area contributed by atoms with Crippen LogP contribution in [0.5, 0.6) is 0 Å². The Morgan fingerprint density at radius 3 is 2.61 bits per heavy atom. The van der Waals surface area contributed by atoms with Crippen molar-refractivity contribution in [1.29, 1.82) is 0 Å². The lowest BCUT2D eigenvalue weighted by Crippen LogP contribution is -2.43. The zero-order chi connectivity index (χ0) is 13.0. The summed E-state index contributed by atoms with van der Waals surface area (Å²) in [5, 5.41) is 2.73. The Morgan fingerprint density at radius 1 is 1.50 bits per heavy atom.